The SMILES string of the molecule is CCOc1ccc(/C=c2/sc3n(c2=O)[C@H](c2cc(OC)ccc2OC)C(C(=O)N(CC)CC)=C(C)N=3)cc1Br. The number of rotatable bonds is 9. The van der Waals surface area contributed by atoms with Crippen LogP contribution in [0, 0.1) is 0 Å². The van der Waals surface area contributed by atoms with Crippen molar-refractivity contribution < 1.29 is 19.0 Å². The summed E-state index contributed by atoms with van der Waals surface area (Å²) in [6.07, 6.45) is 1.83. The summed E-state index contributed by atoms with van der Waals surface area (Å²) in [5.41, 5.74) is 2.25. The van der Waals surface area contributed by atoms with Gasteiger partial charge < -0.3 is 19.1 Å². The number of allylic oxidation sites excluding steroid dienone is 1. The van der Waals surface area contributed by atoms with E-state index in [2.05, 4.69) is 15.9 Å². The van der Waals surface area contributed by atoms with Gasteiger partial charge in [0.05, 0.1) is 41.1 Å². The molecular formula is C29H32BrN3O5S. The first-order valence-electron chi connectivity index (χ1n) is 12.7. The molecule has 0 aliphatic carbocycles. The third-order valence-corrected chi connectivity index (χ3v) is 8.19. The van der Waals surface area contributed by atoms with Crippen LogP contribution < -0.4 is 29.1 Å². The summed E-state index contributed by atoms with van der Waals surface area (Å²) >= 11 is 4.83. The Kier molecular flexibility index (Phi) is 8.97. The van der Waals surface area contributed by atoms with E-state index in [1.807, 2.05) is 58.0 Å². The first-order chi connectivity index (χ1) is 18.8. The number of halogens is 1. The molecule has 10 heteroatoms. The van der Waals surface area contributed by atoms with E-state index >= 15 is 0 Å². The van der Waals surface area contributed by atoms with Gasteiger partial charge in [-0.05, 0) is 85.6 Å². The van der Waals surface area contributed by atoms with E-state index < -0.39 is 6.04 Å². The van der Waals surface area contributed by atoms with Crippen LogP contribution in [0.4, 0.5) is 0 Å². The molecule has 2 heterocycles. The zero-order valence-corrected chi connectivity index (χ0v) is 25.3. The zero-order valence-electron chi connectivity index (χ0n) is 22.9. The van der Waals surface area contributed by atoms with Crippen molar-refractivity contribution in [2.24, 2.45) is 4.99 Å². The number of fused-ring (bicyclic) bond motifs is 1. The Morgan fingerprint density at radius 1 is 1.10 bits per heavy atom. The van der Waals surface area contributed by atoms with Crippen molar-refractivity contribution in [2.45, 2.75) is 33.7 Å². The van der Waals surface area contributed by atoms with Gasteiger partial charge in [0.15, 0.2) is 4.80 Å². The van der Waals surface area contributed by atoms with E-state index in [-0.39, 0.29) is 11.5 Å². The van der Waals surface area contributed by atoms with Crippen LogP contribution in [0.25, 0.3) is 6.08 Å². The summed E-state index contributed by atoms with van der Waals surface area (Å²) < 4.78 is 19.7. The fourth-order valence-corrected chi connectivity index (χ4v) is 6.21. The van der Waals surface area contributed by atoms with Crippen LogP contribution in [-0.4, -0.2) is 49.3 Å². The summed E-state index contributed by atoms with van der Waals surface area (Å²) in [6.45, 7) is 9.23. The molecule has 0 spiro atoms. The van der Waals surface area contributed by atoms with Gasteiger partial charge in [-0.2, -0.15) is 0 Å². The van der Waals surface area contributed by atoms with Crippen LogP contribution in [-0.2, 0) is 4.79 Å². The Bertz CT molecular complexity index is 1600. The second-order valence-corrected chi connectivity index (χ2v) is 10.7. The number of aromatic nitrogens is 1. The van der Waals surface area contributed by atoms with Gasteiger partial charge in [0.1, 0.15) is 23.3 Å². The number of ether oxygens (including phenoxy) is 3. The number of hydrogen-bond acceptors (Lipinski definition) is 7. The van der Waals surface area contributed by atoms with Gasteiger partial charge in [-0.1, -0.05) is 17.4 Å². The fourth-order valence-electron chi connectivity index (χ4n) is 4.65. The highest BCUT2D eigenvalue weighted by atomic mass is 79.9. The van der Waals surface area contributed by atoms with Gasteiger partial charge in [0.25, 0.3) is 11.5 Å². The number of likely N-dealkylation sites (N-methyl/N-ethyl adjacent to an activating group) is 1. The molecule has 0 bridgehead atoms. The van der Waals surface area contributed by atoms with E-state index in [1.165, 1.54) is 11.3 Å². The molecule has 3 aromatic rings. The lowest BCUT2D eigenvalue weighted by Crippen LogP contribution is -2.43. The Hall–Kier alpha value is -3.37. The molecule has 1 aliphatic rings. The van der Waals surface area contributed by atoms with Crippen LogP contribution in [0.2, 0.25) is 0 Å². The standard InChI is InChI=1S/C29H32BrN3O5S/c1-7-32(8-2)28(35)25-17(4)31-29-33(26(25)20-16-19(36-5)11-13-22(20)37-6)27(34)24(39-29)15-18-10-12-23(38-9-3)21(30)14-18/h10-16,26H,7-9H2,1-6H3/b24-15+/t26-/m1/s1. The molecule has 8 nitrogen and oxygen atoms in total. The van der Waals surface area contributed by atoms with Crippen LogP contribution in [0.15, 0.2) is 61.9 Å². The van der Waals surface area contributed by atoms with Crippen molar-refractivity contribution >= 4 is 39.2 Å². The molecular weight excluding hydrogens is 582 g/mol. The number of methoxy groups -OCH3 is 2. The van der Waals surface area contributed by atoms with Crippen molar-refractivity contribution in [1.82, 2.24) is 9.47 Å². The van der Waals surface area contributed by atoms with Crippen LogP contribution in [0.5, 0.6) is 17.2 Å². The van der Waals surface area contributed by atoms with E-state index in [1.54, 1.807) is 35.8 Å². The molecule has 0 N–H and O–H groups in total. The number of carbonyl (C=O) groups is 1. The van der Waals surface area contributed by atoms with E-state index in [0.717, 1.165) is 15.8 Å². The molecule has 0 saturated heterocycles. The summed E-state index contributed by atoms with van der Waals surface area (Å²) in [5.74, 6) is 1.71. The molecule has 1 amide bonds. The first kappa shape index (κ1) is 28.6. The van der Waals surface area contributed by atoms with Crippen LogP contribution in [0.3, 0.4) is 0 Å². The maximum atomic E-state index is 14.0. The zero-order chi connectivity index (χ0) is 28.3. The topological polar surface area (TPSA) is 82.4 Å². The molecule has 1 aromatic heterocycles. The molecule has 39 heavy (non-hydrogen) atoms. The van der Waals surface area contributed by atoms with Crippen LogP contribution in [0.1, 0.15) is 44.9 Å². The minimum absolute atomic E-state index is 0.166. The summed E-state index contributed by atoms with van der Waals surface area (Å²) in [5, 5.41) is 0. The predicted molar refractivity (Wildman–Crippen MR) is 157 cm³/mol. The lowest BCUT2D eigenvalue weighted by molar-refractivity contribution is -0.127. The quantitative estimate of drug-likeness (QED) is 0.360. The van der Waals surface area contributed by atoms with Crippen molar-refractivity contribution in [3.63, 3.8) is 0 Å². The van der Waals surface area contributed by atoms with Crippen molar-refractivity contribution in [3.8, 4) is 17.2 Å². The van der Waals surface area contributed by atoms with Gasteiger partial charge in [-0.15, -0.1) is 0 Å². The molecule has 4 rings (SSSR count). The van der Waals surface area contributed by atoms with E-state index in [4.69, 9.17) is 19.2 Å². The van der Waals surface area contributed by atoms with Gasteiger partial charge in [0.2, 0.25) is 0 Å². The van der Waals surface area contributed by atoms with E-state index in [0.29, 0.717) is 57.4 Å². The van der Waals surface area contributed by atoms with Gasteiger partial charge in [0, 0.05) is 18.7 Å². The molecule has 1 aliphatic heterocycles. The lowest BCUT2D eigenvalue weighted by atomic mass is 9.93. The lowest BCUT2D eigenvalue weighted by Gasteiger charge is -2.30. The second kappa shape index (κ2) is 12.2. The Morgan fingerprint density at radius 2 is 1.82 bits per heavy atom. The normalized spacial score (nSPS) is 15.1. The van der Waals surface area contributed by atoms with Gasteiger partial charge in [-0.3, -0.25) is 14.2 Å². The highest BCUT2D eigenvalue weighted by Gasteiger charge is 2.36. The number of amides is 1. The summed E-state index contributed by atoms with van der Waals surface area (Å²) in [7, 11) is 3.15. The third-order valence-electron chi connectivity index (χ3n) is 6.59. The number of hydrogen-bond donors (Lipinski definition) is 0. The molecule has 1 atom stereocenters. The van der Waals surface area contributed by atoms with Crippen molar-refractivity contribution in [3.05, 3.63) is 83.0 Å². The average molecular weight is 615 g/mol. The second-order valence-electron chi connectivity index (χ2n) is 8.79. The smallest absolute Gasteiger partial charge is 0.271 e. The minimum Gasteiger partial charge on any atom is -0.497 e. The van der Waals surface area contributed by atoms with Crippen molar-refractivity contribution in [1.29, 1.82) is 0 Å². The average Bonchev–Trinajstić information content (AvgIpc) is 3.23. The minimum atomic E-state index is -0.742. The van der Waals surface area contributed by atoms with Crippen molar-refractivity contribution in [2.75, 3.05) is 33.9 Å². The highest BCUT2D eigenvalue weighted by molar-refractivity contribution is 9.10. The number of nitrogens with zero attached hydrogens (tertiary/aromatic N) is 3. The molecule has 0 radical (unpaired) electrons. The highest BCUT2D eigenvalue weighted by Crippen LogP contribution is 2.38. The Morgan fingerprint density at radius 3 is 2.44 bits per heavy atom. The molecule has 0 unspecified atom stereocenters. The third kappa shape index (κ3) is 5.53. The van der Waals surface area contributed by atoms with Gasteiger partial charge in [-0.25, -0.2) is 4.99 Å². The fraction of sp³-hybridized carbons (Fsp3) is 0.345. The van der Waals surface area contributed by atoms with Crippen LogP contribution >= 0.6 is 27.3 Å². The van der Waals surface area contributed by atoms with Gasteiger partial charge >= 0.3 is 0 Å². The summed E-state index contributed by atoms with van der Waals surface area (Å²) in [6, 6.07) is 10.3. The number of carbonyl (C=O) groups excluding carboxylic acids is 1. The largest absolute Gasteiger partial charge is 0.497 e. The molecule has 0 fully saturated rings. The van der Waals surface area contributed by atoms with E-state index in [9.17, 15) is 9.59 Å². The molecule has 2 aromatic carbocycles. The molecule has 206 valence electrons. The maximum Gasteiger partial charge on any atom is 0.271 e. The molecule has 0 saturated carbocycles. The predicted octanol–water partition coefficient (Wildman–Crippen LogP) is 4.28. The Balaban J connectivity index is 1.98. The first-order valence-corrected chi connectivity index (χ1v) is 14.3. The number of benzene rings is 2. The Labute approximate surface area is 240 Å². The number of thiazole rings is 1. The monoisotopic (exact) mass is 613 g/mol. The maximum absolute atomic E-state index is 14.0. The summed E-state index contributed by atoms with van der Waals surface area (Å²) in [4.78, 5) is 34.9.